The van der Waals surface area contributed by atoms with E-state index >= 15 is 0 Å². The summed E-state index contributed by atoms with van der Waals surface area (Å²) in [6, 6.07) is 15.7. The van der Waals surface area contributed by atoms with E-state index in [1.54, 1.807) is 62.5 Å². The highest BCUT2D eigenvalue weighted by atomic mass is 35.5. The maximum absolute atomic E-state index is 13.0. The Labute approximate surface area is 200 Å². The van der Waals surface area contributed by atoms with Gasteiger partial charge in [-0.3, -0.25) is 4.98 Å². The minimum Gasteiger partial charge on any atom is -0.478 e. The van der Waals surface area contributed by atoms with Gasteiger partial charge in [-0.1, -0.05) is 53.2 Å². The zero-order valence-corrected chi connectivity index (χ0v) is 19.1. The third-order valence-corrected chi connectivity index (χ3v) is 5.38. The minimum atomic E-state index is -1.05. The highest BCUT2D eigenvalue weighted by Crippen LogP contribution is 2.41. The van der Waals surface area contributed by atoms with Gasteiger partial charge in [0.25, 0.3) is 0 Å². The van der Waals surface area contributed by atoms with Gasteiger partial charge in [-0.25, -0.2) is 14.5 Å². The van der Waals surface area contributed by atoms with Crippen molar-refractivity contribution in [3.63, 3.8) is 0 Å². The summed E-state index contributed by atoms with van der Waals surface area (Å²) < 4.78 is 10.9. The topological polar surface area (TPSA) is 106 Å². The minimum absolute atomic E-state index is 0.0968. The molecule has 0 radical (unpaired) electrons. The largest absolute Gasteiger partial charge is 0.478 e. The van der Waals surface area contributed by atoms with Crippen molar-refractivity contribution in [2.45, 2.75) is 13.8 Å². The summed E-state index contributed by atoms with van der Waals surface area (Å²) in [5.41, 5.74) is 3.50. The van der Waals surface area contributed by atoms with E-state index in [1.165, 1.54) is 11.1 Å². The molecule has 2 aromatic carbocycles. The number of nitrogens with zero attached hydrogens (tertiary/aromatic N) is 3. The zero-order valence-electron chi connectivity index (χ0n) is 18.4. The number of rotatable bonds is 6. The number of para-hydroxylation sites is 1. The normalized spacial score (nSPS) is 10.7. The Bertz CT molecular complexity index is 1350. The lowest BCUT2D eigenvalue weighted by molar-refractivity contribution is 0.0696. The molecule has 4 rings (SSSR count). The number of pyridine rings is 1. The van der Waals surface area contributed by atoms with E-state index in [0.29, 0.717) is 39.0 Å². The summed E-state index contributed by atoms with van der Waals surface area (Å²) in [6.07, 6.45) is 2.27. The number of benzene rings is 2. The van der Waals surface area contributed by atoms with Gasteiger partial charge < -0.3 is 14.4 Å². The number of aromatic nitrogens is 2. The van der Waals surface area contributed by atoms with Crippen LogP contribution >= 0.6 is 11.6 Å². The summed E-state index contributed by atoms with van der Waals surface area (Å²) in [7, 11) is 0. The van der Waals surface area contributed by atoms with Gasteiger partial charge in [0, 0.05) is 23.5 Å². The number of carbonyl (C=O) groups excluding carboxylic acids is 1. The smallest absolute Gasteiger partial charge is 0.419 e. The molecule has 1 amide bonds. The van der Waals surface area contributed by atoms with E-state index in [0.717, 1.165) is 5.56 Å². The van der Waals surface area contributed by atoms with Crippen molar-refractivity contribution < 1.29 is 24.0 Å². The van der Waals surface area contributed by atoms with Gasteiger partial charge in [-0.15, -0.1) is 0 Å². The Morgan fingerprint density at radius 1 is 1.06 bits per heavy atom. The average Bonchev–Trinajstić information content (AvgIpc) is 3.22. The summed E-state index contributed by atoms with van der Waals surface area (Å²) in [4.78, 5) is 29.6. The monoisotopic (exact) mass is 477 g/mol. The highest BCUT2D eigenvalue weighted by Gasteiger charge is 2.30. The Kier molecular flexibility index (Phi) is 6.60. The van der Waals surface area contributed by atoms with E-state index in [2.05, 4.69) is 10.1 Å². The summed E-state index contributed by atoms with van der Waals surface area (Å²) in [6.45, 7) is 3.62. The van der Waals surface area contributed by atoms with Crippen LogP contribution in [0.3, 0.4) is 0 Å². The molecule has 0 aliphatic rings. The fourth-order valence-corrected chi connectivity index (χ4v) is 3.70. The molecule has 0 fully saturated rings. The fourth-order valence-electron chi connectivity index (χ4n) is 3.48. The lowest BCUT2D eigenvalue weighted by Crippen LogP contribution is -2.27. The Morgan fingerprint density at radius 2 is 1.76 bits per heavy atom. The second-order valence-electron chi connectivity index (χ2n) is 7.28. The van der Waals surface area contributed by atoms with Gasteiger partial charge in [0.2, 0.25) is 0 Å². The van der Waals surface area contributed by atoms with Crippen LogP contribution in [-0.4, -0.2) is 33.9 Å². The van der Waals surface area contributed by atoms with E-state index in [1.807, 2.05) is 12.1 Å². The van der Waals surface area contributed by atoms with E-state index in [4.69, 9.17) is 20.9 Å². The number of carboxylic acids is 1. The number of halogens is 1. The van der Waals surface area contributed by atoms with Gasteiger partial charge in [-0.2, -0.15) is 0 Å². The van der Waals surface area contributed by atoms with E-state index < -0.39 is 12.1 Å². The van der Waals surface area contributed by atoms with Crippen molar-refractivity contribution in [1.82, 2.24) is 10.1 Å². The Hall–Kier alpha value is -4.17. The van der Waals surface area contributed by atoms with Gasteiger partial charge in [0.15, 0.2) is 5.76 Å². The molecule has 9 heteroatoms. The molecular formula is C25H20ClN3O5. The summed E-state index contributed by atoms with van der Waals surface area (Å²) in [5, 5.41) is 13.7. The molecule has 0 saturated carbocycles. The lowest BCUT2D eigenvalue weighted by atomic mass is 10.0. The molecular weight excluding hydrogens is 458 g/mol. The highest BCUT2D eigenvalue weighted by molar-refractivity contribution is 6.34. The maximum Gasteiger partial charge on any atom is 0.419 e. The quantitative estimate of drug-likeness (QED) is 0.344. The first-order chi connectivity index (χ1) is 16.4. The predicted molar refractivity (Wildman–Crippen MR) is 127 cm³/mol. The van der Waals surface area contributed by atoms with Crippen LogP contribution in [0.2, 0.25) is 5.02 Å². The van der Waals surface area contributed by atoms with Crippen LogP contribution in [0.5, 0.6) is 0 Å². The van der Waals surface area contributed by atoms with Gasteiger partial charge in [0.1, 0.15) is 11.4 Å². The van der Waals surface area contributed by atoms with Gasteiger partial charge in [0.05, 0.1) is 22.9 Å². The average molecular weight is 478 g/mol. The molecule has 8 nitrogen and oxygen atoms in total. The molecule has 0 saturated heterocycles. The van der Waals surface area contributed by atoms with Crippen LogP contribution in [0.1, 0.15) is 23.0 Å². The molecule has 0 aliphatic carbocycles. The van der Waals surface area contributed by atoms with Crippen LogP contribution in [0.15, 0.2) is 71.5 Å². The molecule has 0 spiro atoms. The number of aryl methyl sites for hydroxylation is 1. The Balaban J connectivity index is 1.77. The van der Waals surface area contributed by atoms with Crippen molar-refractivity contribution in [3.8, 4) is 22.5 Å². The molecule has 2 aromatic heterocycles. The Morgan fingerprint density at radius 3 is 2.44 bits per heavy atom. The second kappa shape index (κ2) is 9.76. The predicted octanol–water partition coefficient (Wildman–Crippen LogP) is 6.36. The first kappa shape index (κ1) is 23.0. The molecule has 172 valence electrons. The fraction of sp³-hybridized carbons (Fsp3) is 0.120. The first-order valence-corrected chi connectivity index (χ1v) is 10.7. The number of carbonyl (C=O) groups is 2. The van der Waals surface area contributed by atoms with E-state index in [9.17, 15) is 14.7 Å². The van der Waals surface area contributed by atoms with Crippen LogP contribution in [0.25, 0.3) is 22.5 Å². The number of hydrogen-bond donors (Lipinski definition) is 1. The van der Waals surface area contributed by atoms with E-state index in [-0.39, 0.29) is 12.2 Å². The second-order valence-corrected chi connectivity index (χ2v) is 7.68. The SMILES string of the molecule is CCOC(=O)N(c1ccccc1Cl)c1c(C)noc1-c1ccc(-c2cncc(C(=O)O)c2)cc1. The van der Waals surface area contributed by atoms with Crippen molar-refractivity contribution >= 4 is 35.0 Å². The molecule has 1 N–H and O–H groups in total. The van der Waals surface area contributed by atoms with Crippen LogP contribution in [0.4, 0.5) is 16.2 Å². The number of hydrogen-bond acceptors (Lipinski definition) is 6. The summed E-state index contributed by atoms with van der Waals surface area (Å²) >= 11 is 6.41. The van der Waals surface area contributed by atoms with Crippen molar-refractivity contribution in [2.75, 3.05) is 11.5 Å². The van der Waals surface area contributed by atoms with Crippen LogP contribution in [0, 0.1) is 6.92 Å². The van der Waals surface area contributed by atoms with Crippen molar-refractivity contribution in [2.24, 2.45) is 0 Å². The number of carboxylic acid groups (broad SMARTS) is 1. The third-order valence-electron chi connectivity index (χ3n) is 5.06. The molecule has 2 heterocycles. The zero-order chi connectivity index (χ0) is 24.2. The van der Waals surface area contributed by atoms with Gasteiger partial charge >= 0.3 is 12.1 Å². The molecule has 0 bridgehead atoms. The molecule has 0 atom stereocenters. The standard InChI is InChI=1S/C25H20ClN3O5/c1-3-33-25(32)29(21-7-5-4-6-20(21)26)22-15(2)28-34-23(22)17-10-8-16(9-11-17)18-12-19(24(30)31)14-27-13-18/h4-14H,3H2,1-2H3,(H,30,31). The number of amides is 1. The number of ether oxygens (including phenoxy) is 1. The third kappa shape index (κ3) is 4.49. The first-order valence-electron chi connectivity index (χ1n) is 10.4. The molecule has 0 unspecified atom stereocenters. The summed E-state index contributed by atoms with van der Waals surface area (Å²) in [5.74, 6) is -0.694. The van der Waals surface area contributed by atoms with Gasteiger partial charge in [-0.05, 0) is 37.6 Å². The van der Waals surface area contributed by atoms with Crippen molar-refractivity contribution in [1.29, 1.82) is 0 Å². The number of anilines is 2. The molecule has 4 aromatic rings. The maximum atomic E-state index is 13.0. The molecule has 0 aliphatic heterocycles. The van der Waals surface area contributed by atoms with Crippen molar-refractivity contribution in [3.05, 3.63) is 83.3 Å². The number of aromatic carboxylic acids is 1. The lowest BCUT2D eigenvalue weighted by Gasteiger charge is -2.23. The van der Waals surface area contributed by atoms with Crippen LogP contribution in [-0.2, 0) is 4.74 Å². The molecule has 34 heavy (non-hydrogen) atoms. The van der Waals surface area contributed by atoms with Crippen LogP contribution < -0.4 is 4.90 Å².